The van der Waals surface area contributed by atoms with Crippen molar-refractivity contribution in [3.63, 3.8) is 0 Å². The van der Waals surface area contributed by atoms with Gasteiger partial charge in [-0.05, 0) is 31.5 Å². The second-order valence-electron chi connectivity index (χ2n) is 4.48. The molecule has 1 heterocycles. The number of benzene rings is 1. The fourth-order valence-electron chi connectivity index (χ4n) is 1.68. The third-order valence-electron chi connectivity index (χ3n) is 2.86. The number of rotatable bonds is 3. The second kappa shape index (κ2) is 4.55. The quantitative estimate of drug-likeness (QED) is 0.909. The molecule has 2 rings (SSSR count). The van der Waals surface area contributed by atoms with E-state index in [0.717, 1.165) is 16.3 Å². The molecule has 1 aromatic heterocycles. The summed E-state index contributed by atoms with van der Waals surface area (Å²) in [5.41, 5.74) is 7.30. The molecule has 0 saturated heterocycles. The van der Waals surface area contributed by atoms with Crippen molar-refractivity contribution >= 4 is 11.3 Å². The summed E-state index contributed by atoms with van der Waals surface area (Å²) in [6.45, 7) is 4.62. The summed E-state index contributed by atoms with van der Waals surface area (Å²) in [6, 6.07) is 6.57. The Hall–Kier alpha value is -1.26. The molecule has 0 spiro atoms. The lowest BCUT2D eigenvalue weighted by molar-refractivity contribution is 0.610. The molecule has 0 radical (unpaired) electrons. The summed E-state index contributed by atoms with van der Waals surface area (Å²) in [7, 11) is 0. The van der Waals surface area contributed by atoms with Crippen molar-refractivity contribution in [2.75, 3.05) is 0 Å². The Bertz CT molecular complexity index is 502. The van der Waals surface area contributed by atoms with E-state index in [4.69, 9.17) is 5.73 Å². The van der Waals surface area contributed by atoms with E-state index in [1.54, 1.807) is 23.5 Å². The van der Waals surface area contributed by atoms with Crippen molar-refractivity contribution in [3.8, 4) is 0 Å². The summed E-state index contributed by atoms with van der Waals surface area (Å²) in [5.74, 6) is -0.216. The van der Waals surface area contributed by atoms with Gasteiger partial charge in [-0.25, -0.2) is 9.37 Å². The van der Waals surface area contributed by atoms with Crippen LogP contribution in [0.25, 0.3) is 0 Å². The summed E-state index contributed by atoms with van der Waals surface area (Å²) in [6.07, 6.45) is 0. The van der Waals surface area contributed by atoms with Gasteiger partial charge >= 0.3 is 0 Å². The van der Waals surface area contributed by atoms with E-state index in [0.29, 0.717) is 6.54 Å². The largest absolute Gasteiger partial charge is 0.325 e. The zero-order valence-corrected chi connectivity index (χ0v) is 10.7. The van der Waals surface area contributed by atoms with E-state index < -0.39 is 0 Å². The Morgan fingerprint density at radius 1 is 1.29 bits per heavy atom. The number of nitrogens with zero attached hydrogens (tertiary/aromatic N) is 1. The Kier molecular flexibility index (Phi) is 3.26. The van der Waals surface area contributed by atoms with Crippen molar-refractivity contribution in [2.45, 2.75) is 25.8 Å². The smallest absolute Gasteiger partial charge is 0.123 e. The molecular weight excluding hydrogens is 235 g/mol. The van der Waals surface area contributed by atoms with E-state index in [-0.39, 0.29) is 11.2 Å². The standard InChI is InChI=1S/C13H15FN2S/c1-13(2,9-3-5-10(14)6-4-9)12-16-11(7-15)8-17-12/h3-6,8H,7,15H2,1-2H3. The van der Waals surface area contributed by atoms with Gasteiger partial charge in [-0.3, -0.25) is 0 Å². The SMILES string of the molecule is CC(C)(c1ccc(F)cc1)c1nc(CN)cs1. The Morgan fingerprint density at radius 3 is 2.47 bits per heavy atom. The molecule has 0 saturated carbocycles. The van der Waals surface area contributed by atoms with E-state index >= 15 is 0 Å². The van der Waals surface area contributed by atoms with Crippen LogP contribution in [0.3, 0.4) is 0 Å². The van der Waals surface area contributed by atoms with Gasteiger partial charge in [-0.15, -0.1) is 11.3 Å². The minimum absolute atomic E-state index is 0.216. The van der Waals surface area contributed by atoms with E-state index in [1.807, 2.05) is 5.38 Å². The van der Waals surface area contributed by atoms with Crippen LogP contribution in [0.2, 0.25) is 0 Å². The fraction of sp³-hybridized carbons (Fsp3) is 0.308. The van der Waals surface area contributed by atoms with Crippen LogP contribution in [0.5, 0.6) is 0 Å². The van der Waals surface area contributed by atoms with Crippen molar-refractivity contribution < 1.29 is 4.39 Å². The van der Waals surface area contributed by atoms with Gasteiger partial charge in [-0.2, -0.15) is 0 Å². The zero-order chi connectivity index (χ0) is 12.5. The summed E-state index contributed by atoms with van der Waals surface area (Å²) in [5, 5.41) is 2.98. The molecule has 1 aromatic carbocycles. The number of thiazole rings is 1. The van der Waals surface area contributed by atoms with E-state index in [1.165, 1.54) is 12.1 Å². The van der Waals surface area contributed by atoms with Crippen LogP contribution in [-0.4, -0.2) is 4.98 Å². The second-order valence-corrected chi connectivity index (χ2v) is 5.34. The predicted molar refractivity (Wildman–Crippen MR) is 68.5 cm³/mol. The lowest BCUT2D eigenvalue weighted by Gasteiger charge is -2.22. The van der Waals surface area contributed by atoms with Crippen LogP contribution < -0.4 is 5.73 Å². The normalized spacial score (nSPS) is 11.8. The molecule has 0 aliphatic rings. The Morgan fingerprint density at radius 2 is 1.94 bits per heavy atom. The highest BCUT2D eigenvalue weighted by molar-refractivity contribution is 7.09. The zero-order valence-electron chi connectivity index (χ0n) is 9.90. The maximum Gasteiger partial charge on any atom is 0.123 e. The van der Waals surface area contributed by atoms with Crippen molar-refractivity contribution in [2.24, 2.45) is 5.73 Å². The van der Waals surface area contributed by atoms with Crippen LogP contribution in [0.1, 0.15) is 30.1 Å². The van der Waals surface area contributed by atoms with Gasteiger partial charge in [0.15, 0.2) is 0 Å². The van der Waals surface area contributed by atoms with Crippen molar-refractivity contribution in [1.29, 1.82) is 0 Å². The molecule has 0 aliphatic heterocycles. The Labute approximate surface area is 104 Å². The molecule has 0 unspecified atom stereocenters. The maximum atomic E-state index is 12.9. The third kappa shape index (κ3) is 2.37. The van der Waals surface area contributed by atoms with Crippen LogP contribution in [0.4, 0.5) is 4.39 Å². The van der Waals surface area contributed by atoms with Gasteiger partial charge in [0.2, 0.25) is 0 Å². The topological polar surface area (TPSA) is 38.9 Å². The molecule has 0 bridgehead atoms. The van der Waals surface area contributed by atoms with Crippen molar-refractivity contribution in [1.82, 2.24) is 4.98 Å². The molecule has 17 heavy (non-hydrogen) atoms. The van der Waals surface area contributed by atoms with Crippen LogP contribution in [0, 0.1) is 5.82 Å². The predicted octanol–water partition coefficient (Wildman–Crippen LogP) is 3.07. The molecule has 2 aromatic rings. The Balaban J connectivity index is 2.37. The first-order valence-corrected chi connectivity index (χ1v) is 6.33. The minimum Gasteiger partial charge on any atom is -0.325 e. The van der Waals surface area contributed by atoms with Gasteiger partial charge in [-0.1, -0.05) is 12.1 Å². The van der Waals surface area contributed by atoms with Gasteiger partial charge in [0, 0.05) is 17.3 Å². The number of aromatic nitrogens is 1. The van der Waals surface area contributed by atoms with E-state index in [9.17, 15) is 4.39 Å². The van der Waals surface area contributed by atoms with Crippen LogP contribution in [0.15, 0.2) is 29.6 Å². The highest BCUT2D eigenvalue weighted by Gasteiger charge is 2.26. The van der Waals surface area contributed by atoms with Gasteiger partial charge < -0.3 is 5.73 Å². The fourth-order valence-corrected chi connectivity index (χ4v) is 2.66. The molecule has 0 atom stereocenters. The number of hydrogen-bond donors (Lipinski definition) is 1. The highest BCUT2D eigenvalue weighted by atomic mass is 32.1. The molecule has 2 N–H and O–H groups in total. The average Bonchev–Trinajstić information content (AvgIpc) is 2.78. The summed E-state index contributed by atoms with van der Waals surface area (Å²) < 4.78 is 12.9. The van der Waals surface area contributed by atoms with Crippen LogP contribution >= 0.6 is 11.3 Å². The highest BCUT2D eigenvalue weighted by Crippen LogP contribution is 2.33. The van der Waals surface area contributed by atoms with Gasteiger partial charge in [0.05, 0.1) is 5.69 Å². The number of hydrogen-bond acceptors (Lipinski definition) is 3. The van der Waals surface area contributed by atoms with Gasteiger partial charge in [0.25, 0.3) is 0 Å². The molecule has 0 amide bonds. The first-order valence-electron chi connectivity index (χ1n) is 5.45. The first-order chi connectivity index (χ1) is 8.04. The minimum atomic E-state index is -0.216. The van der Waals surface area contributed by atoms with E-state index in [2.05, 4.69) is 18.8 Å². The van der Waals surface area contributed by atoms with Gasteiger partial charge in [0.1, 0.15) is 10.8 Å². The summed E-state index contributed by atoms with van der Waals surface area (Å²) in [4.78, 5) is 4.50. The number of halogens is 1. The molecule has 2 nitrogen and oxygen atoms in total. The molecule has 0 fully saturated rings. The molecule has 4 heteroatoms. The van der Waals surface area contributed by atoms with Crippen LogP contribution in [-0.2, 0) is 12.0 Å². The molecule has 90 valence electrons. The lowest BCUT2D eigenvalue weighted by Crippen LogP contribution is -2.18. The number of nitrogens with two attached hydrogens (primary N) is 1. The van der Waals surface area contributed by atoms with Crippen molar-refractivity contribution in [3.05, 3.63) is 51.7 Å². The first kappa shape index (κ1) is 12.2. The maximum absolute atomic E-state index is 12.9. The molecular formula is C13H15FN2S. The average molecular weight is 250 g/mol. The monoisotopic (exact) mass is 250 g/mol. The molecule has 0 aliphatic carbocycles. The third-order valence-corrected chi connectivity index (χ3v) is 4.08. The lowest BCUT2D eigenvalue weighted by atomic mass is 9.85. The summed E-state index contributed by atoms with van der Waals surface area (Å²) >= 11 is 1.60.